The fraction of sp³-hybridized carbons (Fsp3) is 0.409. The second-order valence-electron chi connectivity index (χ2n) is 8.15. The van der Waals surface area contributed by atoms with E-state index in [1.165, 1.54) is 16.4 Å². The third-order valence-electron chi connectivity index (χ3n) is 5.58. The van der Waals surface area contributed by atoms with Gasteiger partial charge in [-0.15, -0.1) is 0 Å². The van der Waals surface area contributed by atoms with Crippen LogP contribution < -0.4 is 5.32 Å². The van der Waals surface area contributed by atoms with E-state index in [1.807, 2.05) is 6.92 Å². The summed E-state index contributed by atoms with van der Waals surface area (Å²) in [5, 5.41) is 3.47. The minimum Gasteiger partial charge on any atom is -0.349 e. The van der Waals surface area contributed by atoms with Gasteiger partial charge in [0.05, 0.1) is 22.6 Å². The lowest BCUT2D eigenvalue weighted by atomic mass is 9.98. The highest BCUT2D eigenvalue weighted by Crippen LogP contribution is 2.24. The van der Waals surface area contributed by atoms with Crippen LogP contribution in [0.2, 0.25) is 5.02 Å². The van der Waals surface area contributed by atoms with Crippen LogP contribution in [0.3, 0.4) is 0 Å². The fourth-order valence-corrected chi connectivity index (χ4v) is 6.08. The molecule has 0 radical (unpaired) electrons. The highest BCUT2D eigenvalue weighted by Gasteiger charge is 2.32. The van der Waals surface area contributed by atoms with Crippen LogP contribution in [0.1, 0.15) is 36.9 Å². The maximum atomic E-state index is 12.9. The Morgan fingerprint density at radius 3 is 2.31 bits per heavy atom. The number of carbonyl (C=O) groups excluding carboxylic acids is 1. The molecule has 1 fully saturated rings. The summed E-state index contributed by atoms with van der Waals surface area (Å²) >= 11 is 5.87. The van der Waals surface area contributed by atoms with Gasteiger partial charge in [-0.25, -0.2) is 21.1 Å². The predicted octanol–water partition coefficient (Wildman–Crippen LogP) is 3.16. The number of amides is 1. The van der Waals surface area contributed by atoms with Crippen molar-refractivity contribution in [3.05, 3.63) is 64.7 Å². The van der Waals surface area contributed by atoms with Crippen LogP contribution in [0, 0.1) is 5.92 Å². The third-order valence-corrected chi connectivity index (χ3v) is 8.77. The zero-order valence-corrected chi connectivity index (χ0v) is 20.4. The van der Waals surface area contributed by atoms with Crippen molar-refractivity contribution in [1.29, 1.82) is 0 Å². The van der Waals surface area contributed by atoms with E-state index in [1.54, 1.807) is 36.4 Å². The minimum atomic E-state index is -3.56. The molecule has 0 aromatic heterocycles. The van der Waals surface area contributed by atoms with Crippen molar-refractivity contribution in [3.63, 3.8) is 0 Å². The maximum Gasteiger partial charge on any atom is 0.224 e. The molecule has 174 valence electrons. The average molecular weight is 499 g/mol. The summed E-state index contributed by atoms with van der Waals surface area (Å²) in [5.41, 5.74) is 1.42. The largest absolute Gasteiger partial charge is 0.349 e. The summed E-state index contributed by atoms with van der Waals surface area (Å²) in [6, 6.07) is 12.7. The van der Waals surface area contributed by atoms with Gasteiger partial charge >= 0.3 is 0 Å². The molecule has 3 rings (SSSR count). The summed E-state index contributed by atoms with van der Waals surface area (Å²) in [5.74, 6) is -0.792. The number of sulfonamides is 1. The molecule has 1 aliphatic heterocycles. The molecule has 2 aromatic carbocycles. The van der Waals surface area contributed by atoms with Gasteiger partial charge in [0.15, 0.2) is 9.84 Å². The van der Waals surface area contributed by atoms with E-state index in [0.717, 1.165) is 11.8 Å². The van der Waals surface area contributed by atoms with Crippen LogP contribution in [0.5, 0.6) is 0 Å². The Morgan fingerprint density at radius 1 is 1.09 bits per heavy atom. The van der Waals surface area contributed by atoms with Crippen LogP contribution in [-0.2, 0) is 30.4 Å². The molecule has 2 aromatic rings. The van der Waals surface area contributed by atoms with Gasteiger partial charge in [-0.05, 0) is 55.2 Å². The Morgan fingerprint density at radius 2 is 1.72 bits per heavy atom. The zero-order valence-electron chi connectivity index (χ0n) is 18.0. The van der Waals surface area contributed by atoms with E-state index in [2.05, 4.69) is 5.32 Å². The molecule has 0 aliphatic carbocycles. The molecule has 0 saturated carbocycles. The number of hydrogen-bond donors (Lipinski definition) is 1. The molecule has 10 heteroatoms. The smallest absolute Gasteiger partial charge is 0.224 e. The van der Waals surface area contributed by atoms with E-state index < -0.39 is 25.8 Å². The number of rotatable bonds is 7. The lowest BCUT2D eigenvalue weighted by molar-refractivity contribution is -0.126. The van der Waals surface area contributed by atoms with Crippen LogP contribution in [-0.4, -0.2) is 46.4 Å². The average Bonchev–Trinajstić information content (AvgIpc) is 2.75. The normalized spacial score (nSPS) is 18.8. The van der Waals surface area contributed by atoms with E-state index in [0.29, 0.717) is 30.0 Å². The Kier molecular flexibility index (Phi) is 7.65. The first-order valence-corrected chi connectivity index (χ1v) is 14.2. The highest BCUT2D eigenvalue weighted by atomic mass is 35.5. The van der Waals surface area contributed by atoms with Gasteiger partial charge in [0, 0.05) is 24.4 Å². The molecule has 0 unspecified atom stereocenters. The topological polar surface area (TPSA) is 101 Å². The standard InChI is InChI=1S/C22H27ClN2O5S2/c1-16(18-7-11-21(12-8-18)31(2,27)28)24-22(26)19-4-3-13-25(14-19)32(29,30)15-17-5-9-20(23)10-6-17/h5-12,16,19H,3-4,13-15H2,1-2H3,(H,24,26)/t16-,19-/m1/s1. The Labute approximate surface area is 194 Å². The summed E-state index contributed by atoms with van der Waals surface area (Å²) in [7, 11) is -6.85. The molecule has 1 N–H and O–H groups in total. The lowest BCUT2D eigenvalue weighted by Gasteiger charge is -2.32. The monoisotopic (exact) mass is 498 g/mol. The summed E-state index contributed by atoms with van der Waals surface area (Å²) in [6.45, 7) is 2.34. The molecule has 1 saturated heterocycles. The fourth-order valence-electron chi connectivity index (χ4n) is 3.71. The van der Waals surface area contributed by atoms with Crippen molar-refractivity contribution >= 4 is 37.4 Å². The molecule has 2 atom stereocenters. The van der Waals surface area contributed by atoms with Gasteiger partial charge in [-0.2, -0.15) is 0 Å². The summed E-state index contributed by atoms with van der Waals surface area (Å²) in [4.78, 5) is 13.0. The van der Waals surface area contributed by atoms with Crippen molar-refractivity contribution in [2.75, 3.05) is 19.3 Å². The summed E-state index contributed by atoms with van der Waals surface area (Å²) < 4.78 is 50.4. The van der Waals surface area contributed by atoms with Crippen molar-refractivity contribution in [2.24, 2.45) is 5.92 Å². The quantitative estimate of drug-likeness (QED) is 0.632. The van der Waals surface area contributed by atoms with Gasteiger partial charge in [-0.1, -0.05) is 35.9 Å². The molecular formula is C22H27ClN2O5S2. The van der Waals surface area contributed by atoms with Crippen LogP contribution >= 0.6 is 11.6 Å². The third kappa shape index (κ3) is 6.31. The molecule has 0 bridgehead atoms. The number of hydrogen-bond acceptors (Lipinski definition) is 5. The number of sulfone groups is 1. The van der Waals surface area contributed by atoms with Crippen molar-refractivity contribution < 1.29 is 21.6 Å². The molecule has 1 amide bonds. The molecule has 1 heterocycles. The number of carbonyl (C=O) groups is 1. The van der Waals surface area contributed by atoms with Crippen LogP contribution in [0.15, 0.2) is 53.4 Å². The maximum absolute atomic E-state index is 12.9. The van der Waals surface area contributed by atoms with Crippen LogP contribution in [0.25, 0.3) is 0 Å². The van der Waals surface area contributed by atoms with E-state index >= 15 is 0 Å². The van der Waals surface area contributed by atoms with E-state index in [-0.39, 0.29) is 29.1 Å². The van der Waals surface area contributed by atoms with Crippen LogP contribution in [0.4, 0.5) is 0 Å². The Bertz CT molecular complexity index is 1160. The number of nitrogens with zero attached hydrogens (tertiary/aromatic N) is 1. The van der Waals surface area contributed by atoms with Crippen molar-refractivity contribution in [3.8, 4) is 0 Å². The van der Waals surface area contributed by atoms with E-state index in [9.17, 15) is 21.6 Å². The second-order valence-corrected chi connectivity index (χ2v) is 12.6. The Hall–Kier alpha value is -1.94. The Balaban J connectivity index is 1.62. The highest BCUT2D eigenvalue weighted by molar-refractivity contribution is 7.90. The molecular weight excluding hydrogens is 472 g/mol. The number of benzene rings is 2. The minimum absolute atomic E-state index is 0.137. The van der Waals surface area contributed by atoms with Gasteiger partial charge in [0.1, 0.15) is 0 Å². The SMILES string of the molecule is C[C@@H](NC(=O)[C@@H]1CCCN(S(=O)(=O)Cc2ccc(Cl)cc2)C1)c1ccc(S(C)(=O)=O)cc1. The zero-order chi connectivity index (χ0) is 23.5. The first-order chi connectivity index (χ1) is 15.0. The lowest BCUT2D eigenvalue weighted by Crippen LogP contribution is -2.46. The van der Waals surface area contributed by atoms with Gasteiger partial charge < -0.3 is 5.32 Å². The van der Waals surface area contributed by atoms with Gasteiger partial charge in [-0.3, -0.25) is 4.79 Å². The summed E-state index contributed by atoms with van der Waals surface area (Å²) in [6.07, 6.45) is 2.36. The second kappa shape index (κ2) is 9.91. The van der Waals surface area contributed by atoms with Crippen molar-refractivity contribution in [2.45, 2.75) is 36.5 Å². The van der Waals surface area contributed by atoms with Crippen molar-refractivity contribution in [1.82, 2.24) is 9.62 Å². The van der Waals surface area contributed by atoms with Gasteiger partial charge in [0.25, 0.3) is 0 Å². The number of piperidine rings is 1. The molecule has 1 aliphatic rings. The molecule has 7 nitrogen and oxygen atoms in total. The first-order valence-electron chi connectivity index (χ1n) is 10.3. The number of nitrogens with one attached hydrogen (secondary N) is 1. The number of halogens is 1. The predicted molar refractivity (Wildman–Crippen MR) is 124 cm³/mol. The first kappa shape index (κ1) is 24.7. The molecule has 0 spiro atoms. The van der Waals surface area contributed by atoms with E-state index in [4.69, 9.17) is 11.6 Å². The molecule has 32 heavy (non-hydrogen) atoms. The van der Waals surface area contributed by atoms with Gasteiger partial charge in [0.2, 0.25) is 15.9 Å².